The van der Waals surface area contributed by atoms with E-state index in [0.717, 1.165) is 0 Å². The van der Waals surface area contributed by atoms with Crippen LogP contribution in [0.5, 0.6) is 0 Å². The number of hydrogen-bond acceptors (Lipinski definition) is 3. The highest BCUT2D eigenvalue weighted by Crippen LogP contribution is 2.41. The smallest absolute Gasteiger partial charge is 0.203 e. The van der Waals surface area contributed by atoms with Crippen molar-refractivity contribution in [1.29, 1.82) is 0 Å². The summed E-state index contributed by atoms with van der Waals surface area (Å²) >= 11 is 0. The predicted molar refractivity (Wildman–Crippen MR) is 44.7 cm³/mol. The average molecular weight is 170 g/mol. The van der Waals surface area contributed by atoms with Gasteiger partial charge in [0.05, 0.1) is 5.57 Å². The van der Waals surface area contributed by atoms with E-state index in [1.807, 2.05) is 13.0 Å². The maximum atomic E-state index is 11.1. The zero-order valence-corrected chi connectivity index (χ0v) is 7.88. The average Bonchev–Trinajstić information content (AvgIpc) is 2.02. The zero-order valence-electron chi connectivity index (χ0n) is 7.88. The highest BCUT2D eigenvalue weighted by atomic mass is 16.7. The molecule has 0 heterocycles. The van der Waals surface area contributed by atoms with E-state index >= 15 is 0 Å². The largest absolute Gasteiger partial charge is 0.349 e. The van der Waals surface area contributed by atoms with Crippen LogP contribution in [0.4, 0.5) is 0 Å². The molecule has 3 nitrogen and oxygen atoms in total. The third-order valence-corrected chi connectivity index (χ3v) is 2.38. The number of carbonyl (C=O) groups excluding carboxylic acids is 1. The van der Waals surface area contributed by atoms with E-state index in [-0.39, 0.29) is 11.7 Å². The highest BCUT2D eigenvalue weighted by Gasteiger charge is 2.49. The predicted octanol–water partition coefficient (Wildman–Crippen LogP) is 1.14. The van der Waals surface area contributed by atoms with E-state index in [1.165, 1.54) is 6.92 Å². The third kappa shape index (κ3) is 1.01. The van der Waals surface area contributed by atoms with Crippen LogP contribution >= 0.6 is 0 Å². The van der Waals surface area contributed by atoms with Crippen LogP contribution in [0.25, 0.3) is 0 Å². The van der Waals surface area contributed by atoms with Crippen molar-refractivity contribution in [3.05, 3.63) is 11.6 Å². The van der Waals surface area contributed by atoms with Crippen LogP contribution in [0.15, 0.2) is 11.6 Å². The van der Waals surface area contributed by atoms with E-state index in [4.69, 9.17) is 9.47 Å². The monoisotopic (exact) mass is 170 g/mol. The van der Waals surface area contributed by atoms with Crippen molar-refractivity contribution >= 4 is 5.78 Å². The molecular formula is C9H14O3. The zero-order chi connectivity index (χ0) is 9.35. The summed E-state index contributed by atoms with van der Waals surface area (Å²) in [6.45, 7) is 3.48. The molecule has 0 saturated carbocycles. The molecule has 1 aliphatic carbocycles. The first-order valence-corrected chi connectivity index (χ1v) is 3.92. The molecule has 1 aliphatic rings. The molecule has 0 fully saturated rings. The molecule has 0 radical (unpaired) electrons. The first kappa shape index (κ1) is 9.42. The van der Waals surface area contributed by atoms with Gasteiger partial charge in [0.15, 0.2) is 5.78 Å². The van der Waals surface area contributed by atoms with Crippen LogP contribution in [0.2, 0.25) is 0 Å². The Morgan fingerprint density at radius 2 is 2.00 bits per heavy atom. The molecule has 0 aliphatic heterocycles. The number of carbonyl (C=O) groups is 1. The van der Waals surface area contributed by atoms with Crippen LogP contribution in [0.1, 0.15) is 13.8 Å². The number of ether oxygens (including phenoxy) is 2. The van der Waals surface area contributed by atoms with Gasteiger partial charge in [0, 0.05) is 20.1 Å². The molecule has 0 bridgehead atoms. The molecule has 3 heteroatoms. The summed E-state index contributed by atoms with van der Waals surface area (Å²) in [5, 5.41) is 0. The van der Waals surface area contributed by atoms with Crippen molar-refractivity contribution < 1.29 is 14.3 Å². The quantitative estimate of drug-likeness (QED) is 0.596. The Morgan fingerprint density at radius 1 is 1.50 bits per heavy atom. The van der Waals surface area contributed by atoms with Crippen molar-refractivity contribution in [2.24, 2.45) is 5.92 Å². The first-order valence-electron chi connectivity index (χ1n) is 3.92. The Balaban J connectivity index is 2.92. The Labute approximate surface area is 72.4 Å². The summed E-state index contributed by atoms with van der Waals surface area (Å²) < 4.78 is 10.4. The van der Waals surface area contributed by atoms with Gasteiger partial charge in [-0.1, -0.05) is 13.0 Å². The molecule has 0 aromatic rings. The number of hydrogen-bond donors (Lipinski definition) is 0. The second-order valence-corrected chi connectivity index (χ2v) is 3.00. The number of rotatable bonds is 3. The van der Waals surface area contributed by atoms with E-state index < -0.39 is 5.79 Å². The van der Waals surface area contributed by atoms with Gasteiger partial charge in [0.1, 0.15) is 0 Å². The van der Waals surface area contributed by atoms with Gasteiger partial charge < -0.3 is 9.47 Å². The lowest BCUT2D eigenvalue weighted by molar-refractivity contribution is -0.215. The lowest BCUT2D eigenvalue weighted by Crippen LogP contribution is -2.50. The maximum Gasteiger partial charge on any atom is 0.203 e. The standard InChI is InChI=1S/C9H14O3/c1-6-5-8(7(2)10)9(6,11-3)12-4/h5-6H,1-4H3. The molecule has 1 unspecified atom stereocenters. The summed E-state index contributed by atoms with van der Waals surface area (Å²) in [7, 11) is 3.10. The minimum atomic E-state index is -0.786. The van der Waals surface area contributed by atoms with Gasteiger partial charge in [-0.05, 0) is 6.92 Å². The molecule has 68 valence electrons. The Morgan fingerprint density at radius 3 is 2.17 bits per heavy atom. The minimum absolute atomic E-state index is 0.0109. The van der Waals surface area contributed by atoms with Crippen molar-refractivity contribution in [3.8, 4) is 0 Å². The van der Waals surface area contributed by atoms with Gasteiger partial charge in [0.2, 0.25) is 5.79 Å². The Bertz CT molecular complexity index is 226. The van der Waals surface area contributed by atoms with Crippen LogP contribution in [-0.4, -0.2) is 25.8 Å². The van der Waals surface area contributed by atoms with E-state index in [2.05, 4.69) is 0 Å². The van der Waals surface area contributed by atoms with Gasteiger partial charge in [-0.2, -0.15) is 0 Å². The molecule has 0 N–H and O–H groups in total. The summed E-state index contributed by atoms with van der Waals surface area (Å²) in [5.74, 6) is -0.630. The Kier molecular flexibility index (Phi) is 2.35. The lowest BCUT2D eigenvalue weighted by Gasteiger charge is -2.43. The SMILES string of the molecule is COC1(OC)C(C(C)=O)=CC1C. The second kappa shape index (κ2) is 2.99. The first-order chi connectivity index (χ1) is 5.58. The molecule has 0 aromatic carbocycles. The Hall–Kier alpha value is -0.670. The van der Waals surface area contributed by atoms with Gasteiger partial charge in [0.25, 0.3) is 0 Å². The third-order valence-electron chi connectivity index (χ3n) is 2.38. The number of Topliss-reactive ketones (excluding diaryl/α,β-unsaturated/α-hetero) is 1. The van der Waals surface area contributed by atoms with Crippen molar-refractivity contribution in [3.63, 3.8) is 0 Å². The summed E-state index contributed by atoms with van der Waals surface area (Å²) in [5.41, 5.74) is 0.625. The topological polar surface area (TPSA) is 35.5 Å². The van der Waals surface area contributed by atoms with Crippen molar-refractivity contribution in [2.45, 2.75) is 19.6 Å². The van der Waals surface area contributed by atoms with Gasteiger partial charge in [-0.25, -0.2) is 0 Å². The van der Waals surface area contributed by atoms with Gasteiger partial charge in [-0.15, -0.1) is 0 Å². The number of ketones is 1. The van der Waals surface area contributed by atoms with Crippen LogP contribution in [0, 0.1) is 5.92 Å². The van der Waals surface area contributed by atoms with E-state index in [1.54, 1.807) is 14.2 Å². The number of methoxy groups -OCH3 is 2. The summed E-state index contributed by atoms with van der Waals surface area (Å²) in [6, 6.07) is 0. The normalized spacial score (nSPS) is 26.0. The van der Waals surface area contributed by atoms with Gasteiger partial charge in [-0.3, -0.25) is 4.79 Å². The molecule has 0 spiro atoms. The fraction of sp³-hybridized carbons (Fsp3) is 0.667. The summed E-state index contributed by atoms with van der Waals surface area (Å²) in [4.78, 5) is 11.1. The van der Waals surface area contributed by atoms with Crippen LogP contribution in [0.3, 0.4) is 0 Å². The molecule has 0 amide bonds. The maximum absolute atomic E-state index is 11.1. The van der Waals surface area contributed by atoms with Crippen molar-refractivity contribution in [2.75, 3.05) is 14.2 Å². The molecule has 1 atom stereocenters. The fourth-order valence-electron chi connectivity index (χ4n) is 1.66. The molecular weight excluding hydrogens is 156 g/mol. The second-order valence-electron chi connectivity index (χ2n) is 3.00. The minimum Gasteiger partial charge on any atom is -0.349 e. The molecule has 12 heavy (non-hydrogen) atoms. The van der Waals surface area contributed by atoms with E-state index in [9.17, 15) is 4.79 Å². The van der Waals surface area contributed by atoms with Gasteiger partial charge >= 0.3 is 0 Å². The highest BCUT2D eigenvalue weighted by molar-refractivity contribution is 5.96. The van der Waals surface area contributed by atoms with Crippen molar-refractivity contribution in [1.82, 2.24) is 0 Å². The molecule has 1 rings (SSSR count). The summed E-state index contributed by atoms with van der Waals surface area (Å²) in [6.07, 6.45) is 1.87. The van der Waals surface area contributed by atoms with E-state index in [0.29, 0.717) is 5.57 Å². The van der Waals surface area contributed by atoms with Crippen LogP contribution < -0.4 is 0 Å². The fourth-order valence-corrected chi connectivity index (χ4v) is 1.66. The van der Waals surface area contributed by atoms with Crippen LogP contribution in [-0.2, 0) is 14.3 Å². The molecule has 0 saturated heterocycles. The molecule has 0 aromatic heterocycles. The lowest BCUT2D eigenvalue weighted by atomic mass is 9.78.